The van der Waals surface area contributed by atoms with Crippen LogP contribution in [0.1, 0.15) is 87.8 Å². The second-order valence-corrected chi connectivity index (χ2v) is 11.6. The van der Waals surface area contributed by atoms with Crippen LogP contribution in [-0.2, 0) is 27.4 Å². The van der Waals surface area contributed by atoms with Crippen molar-refractivity contribution in [2.24, 2.45) is 0 Å². The second-order valence-electron chi connectivity index (χ2n) is 11.6. The summed E-state index contributed by atoms with van der Waals surface area (Å²) in [5.74, 6) is -0.207. The lowest BCUT2D eigenvalue weighted by Crippen LogP contribution is -2.45. The van der Waals surface area contributed by atoms with Crippen LogP contribution < -0.4 is 5.43 Å². The SMILES string of the molecule is CCCCCCCCCC(=O)N(CC(=O)N(Cc1ccccc1)Cc1coc2ccc(C)cc2c1=O)CC1CCCO1. The Balaban J connectivity index is 1.49. The molecule has 3 aromatic rings. The molecule has 1 aliphatic heterocycles. The Morgan fingerprint density at radius 1 is 0.905 bits per heavy atom. The number of nitrogens with zero attached hydrogens (tertiary/aromatic N) is 2. The topological polar surface area (TPSA) is 80.1 Å². The highest BCUT2D eigenvalue weighted by molar-refractivity contribution is 5.85. The minimum Gasteiger partial charge on any atom is -0.464 e. The summed E-state index contributed by atoms with van der Waals surface area (Å²) in [6.07, 6.45) is 11.6. The first kappa shape index (κ1) is 31.5. The molecular formula is C35H46N2O5. The predicted molar refractivity (Wildman–Crippen MR) is 166 cm³/mol. The van der Waals surface area contributed by atoms with Crippen LogP contribution in [0.3, 0.4) is 0 Å². The summed E-state index contributed by atoms with van der Waals surface area (Å²) >= 11 is 0. The fourth-order valence-corrected chi connectivity index (χ4v) is 5.58. The molecule has 0 radical (unpaired) electrons. The Morgan fingerprint density at radius 3 is 2.40 bits per heavy atom. The van der Waals surface area contributed by atoms with Gasteiger partial charge >= 0.3 is 0 Å². The van der Waals surface area contributed by atoms with E-state index >= 15 is 0 Å². The fourth-order valence-electron chi connectivity index (χ4n) is 5.58. The number of hydrogen-bond acceptors (Lipinski definition) is 5. The van der Waals surface area contributed by atoms with Gasteiger partial charge in [-0.25, -0.2) is 0 Å². The average Bonchev–Trinajstić information content (AvgIpc) is 3.51. The molecule has 1 saturated heterocycles. The van der Waals surface area contributed by atoms with E-state index in [1.165, 1.54) is 31.9 Å². The van der Waals surface area contributed by atoms with Crippen LogP contribution in [0.25, 0.3) is 11.0 Å². The van der Waals surface area contributed by atoms with Crippen molar-refractivity contribution in [2.45, 2.75) is 97.2 Å². The highest BCUT2D eigenvalue weighted by Gasteiger charge is 2.27. The molecule has 0 N–H and O–H groups in total. The minimum absolute atomic E-state index is 0.00670. The second kappa shape index (κ2) is 16.3. The van der Waals surface area contributed by atoms with Crippen LogP contribution in [0.2, 0.25) is 0 Å². The highest BCUT2D eigenvalue weighted by Crippen LogP contribution is 2.18. The number of unbranched alkanes of at least 4 members (excludes halogenated alkanes) is 6. The number of aryl methyl sites for hydroxylation is 1. The molecule has 0 spiro atoms. The van der Waals surface area contributed by atoms with Gasteiger partial charge in [-0.1, -0.05) is 87.4 Å². The molecule has 0 aliphatic carbocycles. The van der Waals surface area contributed by atoms with E-state index in [2.05, 4.69) is 6.92 Å². The maximum absolute atomic E-state index is 13.9. The molecule has 2 aromatic carbocycles. The molecule has 2 heterocycles. The van der Waals surface area contributed by atoms with Crippen LogP contribution in [0.5, 0.6) is 0 Å². The van der Waals surface area contributed by atoms with E-state index in [1.54, 1.807) is 15.9 Å². The summed E-state index contributed by atoms with van der Waals surface area (Å²) in [7, 11) is 0. The predicted octanol–water partition coefficient (Wildman–Crippen LogP) is 6.78. The van der Waals surface area contributed by atoms with Gasteiger partial charge in [0, 0.05) is 26.1 Å². The van der Waals surface area contributed by atoms with Crippen LogP contribution >= 0.6 is 0 Å². The molecular weight excluding hydrogens is 528 g/mol. The van der Waals surface area contributed by atoms with Crippen LogP contribution in [0.4, 0.5) is 0 Å². The standard InChI is InChI=1S/C35H46N2O5/c1-3-4-5-6-7-8-12-17-33(38)37(24-30-16-13-20-41-30)25-34(39)36(22-28-14-10-9-11-15-28)23-29-26-42-32-19-18-27(2)21-31(32)35(29)40/h9-11,14-15,18-19,21,26,30H,3-8,12-13,16-17,20,22-25H2,1-2H3. The first-order chi connectivity index (χ1) is 20.4. The molecule has 1 unspecified atom stereocenters. The molecule has 1 aromatic heterocycles. The van der Waals surface area contributed by atoms with Crippen molar-refractivity contribution in [3.63, 3.8) is 0 Å². The van der Waals surface area contributed by atoms with E-state index < -0.39 is 0 Å². The van der Waals surface area contributed by atoms with Crippen molar-refractivity contribution >= 4 is 22.8 Å². The number of carbonyl (C=O) groups excluding carboxylic acids is 2. The number of hydrogen-bond donors (Lipinski definition) is 0. The summed E-state index contributed by atoms with van der Waals surface area (Å²) in [4.78, 5) is 44.1. The van der Waals surface area contributed by atoms with Gasteiger partial charge in [-0.15, -0.1) is 0 Å². The number of benzene rings is 2. The summed E-state index contributed by atoms with van der Waals surface area (Å²) in [6, 6.07) is 15.2. The summed E-state index contributed by atoms with van der Waals surface area (Å²) in [5, 5.41) is 0.504. The molecule has 226 valence electrons. The molecule has 7 heteroatoms. The maximum Gasteiger partial charge on any atom is 0.242 e. The summed E-state index contributed by atoms with van der Waals surface area (Å²) in [5.41, 5.74) is 2.71. The largest absolute Gasteiger partial charge is 0.464 e. The highest BCUT2D eigenvalue weighted by atomic mass is 16.5. The van der Waals surface area contributed by atoms with Gasteiger partial charge in [-0.05, 0) is 43.9 Å². The fraction of sp³-hybridized carbons (Fsp3) is 0.514. The Bertz CT molecular complexity index is 1350. The third-order valence-corrected chi connectivity index (χ3v) is 8.05. The lowest BCUT2D eigenvalue weighted by atomic mass is 10.1. The zero-order valence-electron chi connectivity index (χ0n) is 25.3. The average molecular weight is 575 g/mol. The Morgan fingerprint density at radius 2 is 1.67 bits per heavy atom. The Labute approximate surface area is 249 Å². The van der Waals surface area contributed by atoms with Crippen molar-refractivity contribution in [3.05, 3.63) is 81.7 Å². The van der Waals surface area contributed by atoms with Gasteiger partial charge in [0.05, 0.1) is 36.4 Å². The monoisotopic (exact) mass is 574 g/mol. The maximum atomic E-state index is 13.9. The van der Waals surface area contributed by atoms with E-state index in [4.69, 9.17) is 9.15 Å². The van der Waals surface area contributed by atoms with Gasteiger partial charge in [-0.2, -0.15) is 0 Å². The van der Waals surface area contributed by atoms with Gasteiger partial charge in [0.2, 0.25) is 11.8 Å². The molecule has 0 bridgehead atoms. The Hall–Kier alpha value is -3.45. The Kier molecular flexibility index (Phi) is 12.2. The lowest BCUT2D eigenvalue weighted by molar-refractivity contribution is -0.142. The number of fused-ring (bicyclic) bond motifs is 1. The molecule has 0 saturated carbocycles. The molecule has 1 atom stereocenters. The van der Waals surface area contributed by atoms with Gasteiger partial charge in [0.15, 0.2) is 5.43 Å². The zero-order valence-corrected chi connectivity index (χ0v) is 25.3. The number of rotatable bonds is 16. The van der Waals surface area contributed by atoms with Crippen molar-refractivity contribution < 1.29 is 18.7 Å². The van der Waals surface area contributed by atoms with E-state index in [0.29, 0.717) is 42.6 Å². The van der Waals surface area contributed by atoms with Gasteiger partial charge in [-0.3, -0.25) is 14.4 Å². The molecule has 4 rings (SSSR count). The first-order valence-corrected chi connectivity index (χ1v) is 15.7. The van der Waals surface area contributed by atoms with Crippen molar-refractivity contribution in [2.75, 3.05) is 19.7 Å². The molecule has 7 nitrogen and oxygen atoms in total. The van der Waals surface area contributed by atoms with Crippen LogP contribution in [0.15, 0.2) is 64.0 Å². The summed E-state index contributed by atoms with van der Waals surface area (Å²) in [6.45, 7) is 5.63. The quantitative estimate of drug-likeness (QED) is 0.176. The molecule has 1 fully saturated rings. The third-order valence-electron chi connectivity index (χ3n) is 8.05. The van der Waals surface area contributed by atoms with E-state index in [-0.39, 0.29) is 36.4 Å². The van der Waals surface area contributed by atoms with E-state index in [0.717, 1.165) is 43.2 Å². The van der Waals surface area contributed by atoms with Crippen molar-refractivity contribution in [1.82, 2.24) is 9.80 Å². The molecule has 1 aliphatic rings. The third kappa shape index (κ3) is 9.28. The van der Waals surface area contributed by atoms with Crippen molar-refractivity contribution in [3.8, 4) is 0 Å². The number of amides is 2. The molecule has 42 heavy (non-hydrogen) atoms. The van der Waals surface area contributed by atoms with Gasteiger partial charge in [0.1, 0.15) is 5.58 Å². The van der Waals surface area contributed by atoms with Gasteiger partial charge in [0.25, 0.3) is 0 Å². The van der Waals surface area contributed by atoms with Crippen LogP contribution in [0, 0.1) is 6.92 Å². The molecule has 2 amide bonds. The zero-order chi connectivity index (χ0) is 29.7. The smallest absolute Gasteiger partial charge is 0.242 e. The number of carbonyl (C=O) groups is 2. The van der Waals surface area contributed by atoms with Gasteiger partial charge < -0.3 is 19.0 Å². The normalized spacial score (nSPS) is 14.8. The first-order valence-electron chi connectivity index (χ1n) is 15.7. The van der Waals surface area contributed by atoms with Crippen molar-refractivity contribution in [1.29, 1.82) is 0 Å². The van der Waals surface area contributed by atoms with Crippen LogP contribution in [-0.4, -0.2) is 47.4 Å². The number of ether oxygens (including phenoxy) is 1. The van der Waals surface area contributed by atoms with E-state index in [9.17, 15) is 14.4 Å². The minimum atomic E-state index is -0.200. The summed E-state index contributed by atoms with van der Waals surface area (Å²) < 4.78 is 11.6. The van der Waals surface area contributed by atoms with E-state index in [1.807, 2.05) is 49.4 Å². The lowest BCUT2D eigenvalue weighted by Gasteiger charge is -2.29.